The van der Waals surface area contributed by atoms with Crippen LogP contribution in [0.5, 0.6) is 0 Å². The number of nitrogens with zero attached hydrogens (tertiary/aromatic N) is 3. The minimum absolute atomic E-state index is 0.0509. The Hall–Kier alpha value is -2.88. The van der Waals surface area contributed by atoms with E-state index in [2.05, 4.69) is 9.97 Å². The van der Waals surface area contributed by atoms with Crippen molar-refractivity contribution in [2.75, 3.05) is 13.1 Å². The summed E-state index contributed by atoms with van der Waals surface area (Å²) in [5.74, 6) is -0.625. The molecular formula is C23H25N3O5S. The lowest BCUT2D eigenvalue weighted by atomic mass is 10.2. The summed E-state index contributed by atoms with van der Waals surface area (Å²) < 4.78 is 38.6. The third-order valence-electron chi connectivity index (χ3n) is 5.28. The number of aryl methyl sites for hydroxylation is 1. The molecule has 1 aliphatic rings. The minimum atomic E-state index is -3.76. The van der Waals surface area contributed by atoms with Crippen molar-refractivity contribution in [3.8, 4) is 0 Å². The molecule has 1 aromatic heterocycles. The zero-order valence-corrected chi connectivity index (χ0v) is 19.0. The van der Waals surface area contributed by atoms with Gasteiger partial charge in [-0.1, -0.05) is 18.2 Å². The molecule has 8 nitrogen and oxygen atoms in total. The molecule has 9 heteroatoms. The smallest absolute Gasteiger partial charge is 0.338 e. The van der Waals surface area contributed by atoms with Crippen molar-refractivity contribution in [1.82, 2.24) is 14.3 Å². The van der Waals surface area contributed by atoms with Gasteiger partial charge in [0, 0.05) is 13.1 Å². The normalized spacial score (nSPS) is 19.7. The number of esters is 1. The topological polar surface area (TPSA) is 98.7 Å². The summed E-state index contributed by atoms with van der Waals surface area (Å²) >= 11 is 0. The van der Waals surface area contributed by atoms with Crippen molar-refractivity contribution in [1.29, 1.82) is 0 Å². The van der Waals surface area contributed by atoms with Crippen molar-refractivity contribution in [3.63, 3.8) is 0 Å². The number of carbonyl (C=O) groups excluding carboxylic acids is 1. The van der Waals surface area contributed by atoms with Crippen LogP contribution in [-0.2, 0) is 26.1 Å². The number of sulfonamides is 1. The van der Waals surface area contributed by atoms with E-state index in [0.717, 1.165) is 5.52 Å². The number of ether oxygens (including phenoxy) is 2. The molecule has 1 fully saturated rings. The zero-order valence-electron chi connectivity index (χ0n) is 18.2. The highest BCUT2D eigenvalue weighted by molar-refractivity contribution is 7.89. The maximum atomic E-state index is 13.1. The van der Waals surface area contributed by atoms with Crippen molar-refractivity contribution in [2.24, 2.45) is 0 Å². The van der Waals surface area contributed by atoms with E-state index in [0.29, 0.717) is 16.9 Å². The lowest BCUT2D eigenvalue weighted by molar-refractivity contribution is -0.0440. The van der Waals surface area contributed by atoms with E-state index in [9.17, 15) is 13.2 Å². The molecule has 2 atom stereocenters. The van der Waals surface area contributed by atoms with Crippen LogP contribution in [-0.4, -0.2) is 54.0 Å². The average Bonchev–Trinajstić information content (AvgIpc) is 2.77. The Morgan fingerprint density at radius 1 is 1.06 bits per heavy atom. The molecule has 4 rings (SSSR count). The SMILES string of the molecule is Cc1nc2ccccc2nc1COC(=O)c1cccc(S(=O)(=O)N2C[C@@H](C)O[C@H](C)C2)c1. The number of hydrogen-bond donors (Lipinski definition) is 0. The maximum Gasteiger partial charge on any atom is 0.338 e. The number of morpholine rings is 1. The average molecular weight is 456 g/mol. The first-order chi connectivity index (χ1) is 15.2. The lowest BCUT2D eigenvalue weighted by Gasteiger charge is -2.34. The van der Waals surface area contributed by atoms with Crippen LogP contribution in [0, 0.1) is 6.92 Å². The summed E-state index contributed by atoms with van der Waals surface area (Å²) in [5, 5.41) is 0. The van der Waals surface area contributed by atoms with Gasteiger partial charge in [-0.25, -0.2) is 23.2 Å². The number of rotatable bonds is 5. The molecule has 0 N–H and O–H groups in total. The molecule has 0 radical (unpaired) electrons. The van der Waals surface area contributed by atoms with Crippen molar-refractivity contribution in [2.45, 2.75) is 44.5 Å². The second-order valence-electron chi connectivity index (χ2n) is 7.93. The molecule has 0 bridgehead atoms. The van der Waals surface area contributed by atoms with E-state index in [-0.39, 0.29) is 42.4 Å². The number of hydrogen-bond acceptors (Lipinski definition) is 7. The molecular weight excluding hydrogens is 430 g/mol. The predicted octanol–water partition coefficient (Wildman–Crippen LogP) is 3.09. The van der Waals surface area contributed by atoms with E-state index in [4.69, 9.17) is 9.47 Å². The first-order valence-corrected chi connectivity index (χ1v) is 11.8. The van der Waals surface area contributed by atoms with Gasteiger partial charge in [-0.05, 0) is 51.1 Å². The van der Waals surface area contributed by atoms with Crippen LogP contribution in [0.3, 0.4) is 0 Å². The van der Waals surface area contributed by atoms with Gasteiger partial charge in [0.15, 0.2) is 0 Å². The van der Waals surface area contributed by atoms with E-state index < -0.39 is 16.0 Å². The predicted molar refractivity (Wildman–Crippen MR) is 119 cm³/mol. The van der Waals surface area contributed by atoms with Gasteiger partial charge in [0.2, 0.25) is 10.0 Å². The second-order valence-corrected chi connectivity index (χ2v) is 9.87. The summed E-state index contributed by atoms with van der Waals surface area (Å²) in [6.45, 7) is 5.95. The summed E-state index contributed by atoms with van der Waals surface area (Å²) in [6.07, 6.45) is -0.402. The molecule has 1 saturated heterocycles. The highest BCUT2D eigenvalue weighted by atomic mass is 32.2. The van der Waals surface area contributed by atoms with Gasteiger partial charge in [-0.3, -0.25) is 0 Å². The molecule has 0 amide bonds. The van der Waals surface area contributed by atoms with Gasteiger partial charge >= 0.3 is 5.97 Å². The van der Waals surface area contributed by atoms with Crippen LogP contribution in [0.4, 0.5) is 0 Å². The first-order valence-electron chi connectivity index (χ1n) is 10.4. The Morgan fingerprint density at radius 3 is 2.41 bits per heavy atom. The van der Waals surface area contributed by atoms with Gasteiger partial charge in [-0.15, -0.1) is 0 Å². The van der Waals surface area contributed by atoms with Crippen LogP contribution in [0.1, 0.15) is 35.6 Å². The molecule has 0 spiro atoms. The van der Waals surface area contributed by atoms with Gasteiger partial charge in [-0.2, -0.15) is 4.31 Å². The molecule has 32 heavy (non-hydrogen) atoms. The molecule has 2 heterocycles. The van der Waals surface area contributed by atoms with E-state index in [1.54, 1.807) is 6.92 Å². The fourth-order valence-corrected chi connectivity index (χ4v) is 5.38. The fraction of sp³-hybridized carbons (Fsp3) is 0.348. The third-order valence-corrected chi connectivity index (χ3v) is 7.10. The molecule has 0 saturated carbocycles. The largest absolute Gasteiger partial charge is 0.456 e. The van der Waals surface area contributed by atoms with E-state index in [1.165, 1.54) is 28.6 Å². The van der Waals surface area contributed by atoms with Crippen molar-refractivity contribution in [3.05, 3.63) is 65.5 Å². The summed E-state index contributed by atoms with van der Waals surface area (Å²) in [4.78, 5) is 21.7. The molecule has 0 unspecified atom stereocenters. The molecule has 3 aromatic rings. The molecule has 1 aliphatic heterocycles. The van der Waals surface area contributed by atoms with Crippen LogP contribution in [0.25, 0.3) is 11.0 Å². The summed E-state index contributed by atoms with van der Waals surface area (Å²) in [7, 11) is -3.76. The minimum Gasteiger partial charge on any atom is -0.456 e. The van der Waals surface area contributed by atoms with E-state index in [1.807, 2.05) is 38.1 Å². The number of fused-ring (bicyclic) bond motifs is 1. The van der Waals surface area contributed by atoms with Crippen LogP contribution < -0.4 is 0 Å². The standard InChI is InChI=1S/C23H25N3O5S/c1-15-12-26(13-16(2)31-15)32(28,29)19-8-6-7-18(11-19)23(27)30-14-22-17(3)24-20-9-4-5-10-21(20)25-22/h4-11,15-16H,12-14H2,1-3H3/t15-,16-/m1/s1. The number of benzene rings is 2. The first kappa shape index (κ1) is 22.3. The van der Waals surface area contributed by atoms with Crippen molar-refractivity contribution < 1.29 is 22.7 Å². The van der Waals surface area contributed by atoms with Crippen LogP contribution >= 0.6 is 0 Å². The van der Waals surface area contributed by atoms with Crippen LogP contribution in [0.15, 0.2) is 53.4 Å². The van der Waals surface area contributed by atoms with Gasteiger partial charge in [0.05, 0.1) is 45.1 Å². The highest BCUT2D eigenvalue weighted by Gasteiger charge is 2.32. The second kappa shape index (κ2) is 8.93. The Kier molecular flexibility index (Phi) is 6.23. The zero-order chi connectivity index (χ0) is 22.9. The Bertz CT molecular complexity index is 1250. The van der Waals surface area contributed by atoms with Gasteiger partial charge in [0.1, 0.15) is 6.61 Å². The molecule has 0 aliphatic carbocycles. The third kappa shape index (κ3) is 4.64. The van der Waals surface area contributed by atoms with Gasteiger partial charge < -0.3 is 9.47 Å². The van der Waals surface area contributed by atoms with Gasteiger partial charge in [0.25, 0.3) is 0 Å². The summed E-state index contributed by atoms with van der Waals surface area (Å²) in [5.41, 5.74) is 2.86. The van der Waals surface area contributed by atoms with Crippen molar-refractivity contribution >= 4 is 27.0 Å². The molecule has 168 valence electrons. The lowest BCUT2D eigenvalue weighted by Crippen LogP contribution is -2.48. The van der Waals surface area contributed by atoms with Crippen LogP contribution in [0.2, 0.25) is 0 Å². The fourth-order valence-electron chi connectivity index (χ4n) is 3.74. The Labute approximate surface area is 187 Å². The Morgan fingerprint density at radius 2 is 1.72 bits per heavy atom. The molecule has 2 aromatic carbocycles. The maximum absolute atomic E-state index is 13.1. The Balaban J connectivity index is 1.51. The summed E-state index contributed by atoms with van der Waals surface area (Å²) in [6, 6.07) is 13.4. The number of carbonyl (C=O) groups is 1. The number of para-hydroxylation sites is 2. The highest BCUT2D eigenvalue weighted by Crippen LogP contribution is 2.22. The van der Waals surface area contributed by atoms with E-state index >= 15 is 0 Å². The monoisotopic (exact) mass is 455 g/mol. The number of aromatic nitrogens is 2. The quantitative estimate of drug-likeness (QED) is 0.545.